The summed E-state index contributed by atoms with van der Waals surface area (Å²) in [4.78, 5) is 14.1. The van der Waals surface area contributed by atoms with Gasteiger partial charge in [0.05, 0.1) is 0 Å². The Bertz CT molecular complexity index is 254. The van der Waals surface area contributed by atoms with E-state index in [1.807, 2.05) is 0 Å². The fourth-order valence-corrected chi connectivity index (χ4v) is 2.87. The lowest BCUT2D eigenvalue weighted by molar-refractivity contribution is -0.122. The number of carbonyl (C=O) groups is 1. The molecule has 4 nitrogen and oxygen atoms in total. The van der Waals surface area contributed by atoms with Crippen molar-refractivity contribution in [1.29, 1.82) is 0 Å². The summed E-state index contributed by atoms with van der Waals surface area (Å²) < 4.78 is 0. The third-order valence-electron chi connectivity index (χ3n) is 4.04. The van der Waals surface area contributed by atoms with E-state index >= 15 is 0 Å². The number of aliphatic hydroxyl groups excluding tert-OH is 1. The molecule has 0 aromatic rings. The minimum atomic E-state index is 0.195. The van der Waals surface area contributed by atoms with Gasteiger partial charge in [-0.1, -0.05) is 6.42 Å². The first kappa shape index (κ1) is 12.8. The van der Waals surface area contributed by atoms with Crippen LogP contribution in [-0.4, -0.2) is 47.7 Å². The first-order chi connectivity index (χ1) is 8.31. The summed E-state index contributed by atoms with van der Waals surface area (Å²) in [6.45, 7) is 2.02. The van der Waals surface area contributed by atoms with Crippen LogP contribution in [0.5, 0.6) is 0 Å². The predicted octanol–water partition coefficient (Wildman–Crippen LogP) is 0.892. The van der Waals surface area contributed by atoms with E-state index < -0.39 is 0 Å². The molecule has 1 unspecified atom stereocenters. The SMILES string of the molecule is O=C1CC(N(CCCO)C2CCC2)CCCN1. The summed E-state index contributed by atoms with van der Waals surface area (Å²) in [6.07, 6.45) is 7.52. The summed E-state index contributed by atoms with van der Waals surface area (Å²) in [5.74, 6) is 0.195. The van der Waals surface area contributed by atoms with Crippen LogP contribution in [-0.2, 0) is 4.79 Å². The van der Waals surface area contributed by atoms with Crippen molar-refractivity contribution in [2.75, 3.05) is 19.7 Å². The second-order valence-corrected chi connectivity index (χ2v) is 5.25. The van der Waals surface area contributed by atoms with Crippen LogP contribution in [0.1, 0.15) is 44.9 Å². The quantitative estimate of drug-likeness (QED) is 0.750. The molecule has 17 heavy (non-hydrogen) atoms. The molecule has 4 heteroatoms. The van der Waals surface area contributed by atoms with Crippen LogP contribution in [0.3, 0.4) is 0 Å². The summed E-state index contributed by atoms with van der Waals surface area (Å²) in [6, 6.07) is 1.06. The number of amides is 1. The predicted molar refractivity (Wildman–Crippen MR) is 66.7 cm³/mol. The molecular weight excluding hydrogens is 216 g/mol. The Hall–Kier alpha value is -0.610. The monoisotopic (exact) mass is 240 g/mol. The summed E-state index contributed by atoms with van der Waals surface area (Å²) >= 11 is 0. The van der Waals surface area contributed by atoms with Gasteiger partial charge in [-0.25, -0.2) is 0 Å². The molecule has 0 aromatic carbocycles. The highest BCUT2D eigenvalue weighted by molar-refractivity contribution is 5.76. The normalized spacial score (nSPS) is 26.5. The molecule has 0 bridgehead atoms. The van der Waals surface area contributed by atoms with Gasteiger partial charge in [0.25, 0.3) is 0 Å². The van der Waals surface area contributed by atoms with Gasteiger partial charge >= 0.3 is 0 Å². The lowest BCUT2D eigenvalue weighted by Crippen LogP contribution is -2.48. The second kappa shape index (κ2) is 6.36. The Balaban J connectivity index is 1.94. The Labute approximate surface area is 103 Å². The van der Waals surface area contributed by atoms with Crippen LogP contribution < -0.4 is 5.32 Å². The standard InChI is InChI=1S/C13H24N2O2/c16-9-3-8-15(11-4-1-5-11)12-6-2-7-14-13(17)10-12/h11-12,16H,1-10H2,(H,14,17). The zero-order chi connectivity index (χ0) is 12.1. The van der Waals surface area contributed by atoms with Crippen molar-refractivity contribution in [2.24, 2.45) is 0 Å². The van der Waals surface area contributed by atoms with Gasteiger partial charge in [-0.15, -0.1) is 0 Å². The number of nitrogens with one attached hydrogen (secondary N) is 1. The molecule has 1 saturated carbocycles. The highest BCUT2D eigenvalue weighted by Crippen LogP contribution is 2.29. The van der Waals surface area contributed by atoms with E-state index in [1.54, 1.807) is 0 Å². The van der Waals surface area contributed by atoms with E-state index in [4.69, 9.17) is 5.11 Å². The van der Waals surface area contributed by atoms with E-state index in [-0.39, 0.29) is 12.5 Å². The average molecular weight is 240 g/mol. The molecule has 1 aliphatic carbocycles. The first-order valence-electron chi connectivity index (χ1n) is 6.94. The van der Waals surface area contributed by atoms with Gasteiger partial charge in [0.2, 0.25) is 5.91 Å². The number of rotatable bonds is 5. The topological polar surface area (TPSA) is 52.6 Å². The maximum atomic E-state index is 11.6. The van der Waals surface area contributed by atoms with Crippen LogP contribution in [0.25, 0.3) is 0 Å². The largest absolute Gasteiger partial charge is 0.396 e. The fourth-order valence-electron chi connectivity index (χ4n) is 2.87. The van der Waals surface area contributed by atoms with Crippen molar-refractivity contribution in [2.45, 2.75) is 57.0 Å². The van der Waals surface area contributed by atoms with Crippen molar-refractivity contribution >= 4 is 5.91 Å². The van der Waals surface area contributed by atoms with Crippen molar-refractivity contribution < 1.29 is 9.90 Å². The third kappa shape index (κ3) is 3.42. The van der Waals surface area contributed by atoms with Crippen molar-refractivity contribution in [1.82, 2.24) is 10.2 Å². The van der Waals surface area contributed by atoms with Crippen molar-refractivity contribution in [3.8, 4) is 0 Å². The highest BCUT2D eigenvalue weighted by Gasteiger charge is 2.31. The van der Waals surface area contributed by atoms with Gasteiger partial charge in [0, 0.05) is 38.2 Å². The first-order valence-corrected chi connectivity index (χ1v) is 6.94. The third-order valence-corrected chi connectivity index (χ3v) is 4.04. The van der Waals surface area contributed by atoms with Crippen LogP contribution in [0.2, 0.25) is 0 Å². The van der Waals surface area contributed by atoms with Crippen molar-refractivity contribution in [3.63, 3.8) is 0 Å². The maximum absolute atomic E-state index is 11.6. The molecule has 1 saturated heterocycles. The molecule has 0 radical (unpaired) electrons. The number of nitrogens with zero attached hydrogens (tertiary/aromatic N) is 1. The minimum absolute atomic E-state index is 0.195. The van der Waals surface area contributed by atoms with E-state index in [0.717, 1.165) is 32.4 Å². The van der Waals surface area contributed by atoms with Crippen LogP contribution in [0.15, 0.2) is 0 Å². The molecular formula is C13H24N2O2. The van der Waals surface area contributed by atoms with Crippen LogP contribution >= 0.6 is 0 Å². The van der Waals surface area contributed by atoms with Gasteiger partial charge in [-0.2, -0.15) is 0 Å². The Kier molecular flexibility index (Phi) is 4.80. The van der Waals surface area contributed by atoms with E-state index in [2.05, 4.69) is 10.2 Å². The van der Waals surface area contributed by atoms with E-state index in [1.165, 1.54) is 19.3 Å². The molecule has 1 aliphatic heterocycles. The number of aliphatic hydroxyl groups is 1. The molecule has 2 fully saturated rings. The van der Waals surface area contributed by atoms with Crippen LogP contribution in [0, 0.1) is 0 Å². The molecule has 1 amide bonds. The molecule has 0 aromatic heterocycles. The lowest BCUT2D eigenvalue weighted by atomic mass is 9.89. The van der Waals surface area contributed by atoms with Crippen molar-refractivity contribution in [3.05, 3.63) is 0 Å². The van der Waals surface area contributed by atoms with E-state index in [0.29, 0.717) is 18.5 Å². The Morgan fingerprint density at radius 2 is 2.00 bits per heavy atom. The Morgan fingerprint density at radius 1 is 1.24 bits per heavy atom. The fraction of sp³-hybridized carbons (Fsp3) is 0.923. The van der Waals surface area contributed by atoms with Gasteiger partial charge in [-0.05, 0) is 32.1 Å². The van der Waals surface area contributed by atoms with Gasteiger partial charge in [0.15, 0.2) is 0 Å². The zero-order valence-electron chi connectivity index (χ0n) is 10.5. The molecule has 98 valence electrons. The highest BCUT2D eigenvalue weighted by atomic mass is 16.3. The average Bonchev–Trinajstić information content (AvgIpc) is 2.46. The number of hydrogen-bond donors (Lipinski definition) is 2. The summed E-state index contributed by atoms with van der Waals surface area (Å²) in [5.41, 5.74) is 0. The number of carbonyl (C=O) groups excluding carboxylic acids is 1. The smallest absolute Gasteiger partial charge is 0.221 e. The summed E-state index contributed by atoms with van der Waals surface area (Å²) in [5, 5.41) is 11.9. The summed E-state index contributed by atoms with van der Waals surface area (Å²) in [7, 11) is 0. The van der Waals surface area contributed by atoms with Gasteiger partial charge in [-0.3, -0.25) is 9.69 Å². The molecule has 1 heterocycles. The second-order valence-electron chi connectivity index (χ2n) is 5.25. The number of hydrogen-bond acceptors (Lipinski definition) is 3. The minimum Gasteiger partial charge on any atom is -0.396 e. The molecule has 1 atom stereocenters. The molecule has 2 N–H and O–H groups in total. The molecule has 0 spiro atoms. The van der Waals surface area contributed by atoms with E-state index in [9.17, 15) is 4.79 Å². The lowest BCUT2D eigenvalue weighted by Gasteiger charge is -2.42. The molecule has 2 aliphatic rings. The molecule has 2 rings (SSSR count). The maximum Gasteiger partial charge on any atom is 0.221 e. The van der Waals surface area contributed by atoms with Crippen LogP contribution in [0.4, 0.5) is 0 Å². The Morgan fingerprint density at radius 3 is 2.65 bits per heavy atom. The van der Waals surface area contributed by atoms with Gasteiger partial charge in [0.1, 0.15) is 0 Å². The van der Waals surface area contributed by atoms with Gasteiger partial charge < -0.3 is 10.4 Å². The zero-order valence-corrected chi connectivity index (χ0v) is 10.5.